The highest BCUT2D eigenvalue weighted by Crippen LogP contribution is 2.32. The largest absolute Gasteiger partial charge is 0.481 e. The number of rotatable bonds is 6. The van der Waals surface area contributed by atoms with Crippen molar-refractivity contribution < 1.29 is 9.53 Å². The van der Waals surface area contributed by atoms with E-state index in [2.05, 4.69) is 71.5 Å². The van der Waals surface area contributed by atoms with Crippen molar-refractivity contribution >= 4 is 27.5 Å². The van der Waals surface area contributed by atoms with Gasteiger partial charge < -0.3 is 10.1 Å². The Morgan fingerprint density at radius 2 is 1.57 bits per heavy atom. The molecular formula is C24H24BrNO2. The summed E-state index contributed by atoms with van der Waals surface area (Å²) in [4.78, 5) is 12.4. The number of carbonyl (C=O) groups excluding carboxylic acids is 1. The van der Waals surface area contributed by atoms with E-state index >= 15 is 0 Å². The van der Waals surface area contributed by atoms with Crippen LogP contribution in [-0.2, 0) is 10.2 Å². The Morgan fingerprint density at radius 1 is 0.929 bits per heavy atom. The number of amides is 1. The number of benzene rings is 3. The zero-order chi connectivity index (χ0) is 20.1. The van der Waals surface area contributed by atoms with Crippen LogP contribution in [0.3, 0.4) is 0 Å². The summed E-state index contributed by atoms with van der Waals surface area (Å²) in [7, 11) is 0. The van der Waals surface area contributed by atoms with Gasteiger partial charge in [-0.1, -0.05) is 78.3 Å². The number of nitrogens with one attached hydrogen (secondary N) is 1. The van der Waals surface area contributed by atoms with Gasteiger partial charge in [-0.3, -0.25) is 4.79 Å². The molecule has 0 bridgehead atoms. The van der Waals surface area contributed by atoms with Crippen LogP contribution in [0.15, 0.2) is 83.3 Å². The van der Waals surface area contributed by atoms with Gasteiger partial charge in [-0.15, -0.1) is 0 Å². The van der Waals surface area contributed by atoms with Crippen LogP contribution in [-0.4, -0.2) is 12.0 Å². The molecule has 144 valence electrons. The van der Waals surface area contributed by atoms with Crippen molar-refractivity contribution in [3.8, 4) is 5.75 Å². The average molecular weight is 438 g/mol. The normalized spacial score (nSPS) is 12.3. The maximum Gasteiger partial charge on any atom is 0.265 e. The van der Waals surface area contributed by atoms with E-state index in [0.29, 0.717) is 5.75 Å². The molecule has 0 saturated carbocycles. The highest BCUT2D eigenvalue weighted by atomic mass is 79.9. The molecule has 1 amide bonds. The Balaban J connectivity index is 1.66. The lowest BCUT2D eigenvalue weighted by Gasteiger charge is -2.26. The molecule has 0 saturated heterocycles. The maximum absolute atomic E-state index is 12.4. The van der Waals surface area contributed by atoms with Gasteiger partial charge >= 0.3 is 0 Å². The second-order valence-corrected chi connectivity index (χ2v) is 8.19. The van der Waals surface area contributed by atoms with Gasteiger partial charge in [-0.05, 0) is 48.4 Å². The van der Waals surface area contributed by atoms with E-state index in [9.17, 15) is 4.79 Å². The summed E-state index contributed by atoms with van der Waals surface area (Å²) in [5, 5.41) is 2.87. The first kappa shape index (κ1) is 20.2. The predicted molar refractivity (Wildman–Crippen MR) is 118 cm³/mol. The van der Waals surface area contributed by atoms with Gasteiger partial charge in [0.15, 0.2) is 6.10 Å². The van der Waals surface area contributed by atoms with E-state index < -0.39 is 6.10 Å². The molecular weight excluding hydrogens is 414 g/mol. The van der Waals surface area contributed by atoms with Gasteiger partial charge in [0.25, 0.3) is 5.91 Å². The van der Waals surface area contributed by atoms with Crippen molar-refractivity contribution in [1.29, 1.82) is 0 Å². The van der Waals surface area contributed by atoms with Crippen LogP contribution in [0.1, 0.15) is 31.9 Å². The topological polar surface area (TPSA) is 38.3 Å². The number of hydrogen-bond acceptors (Lipinski definition) is 2. The minimum atomic E-state index is -0.605. The van der Waals surface area contributed by atoms with Crippen LogP contribution in [0.4, 0.5) is 5.69 Å². The number of anilines is 1. The Labute approximate surface area is 174 Å². The van der Waals surface area contributed by atoms with Gasteiger partial charge in [0.1, 0.15) is 5.75 Å². The van der Waals surface area contributed by atoms with E-state index in [1.807, 2.05) is 42.5 Å². The van der Waals surface area contributed by atoms with Crippen molar-refractivity contribution in [1.82, 2.24) is 0 Å². The minimum absolute atomic E-state index is 0.108. The molecule has 4 heteroatoms. The second kappa shape index (κ2) is 8.61. The van der Waals surface area contributed by atoms with Crippen molar-refractivity contribution in [3.05, 3.63) is 94.5 Å². The standard InChI is InChI=1S/C24H24BrNO2/c1-17(23(27)26-21-11-7-10-20(25)16-21)28-22-14-12-19(13-15-22)24(2,3)18-8-5-4-6-9-18/h4-17H,1-3H3,(H,26,27). The van der Waals surface area contributed by atoms with Gasteiger partial charge in [0.2, 0.25) is 0 Å². The summed E-state index contributed by atoms with van der Waals surface area (Å²) in [5.41, 5.74) is 3.07. The molecule has 3 aromatic rings. The lowest BCUT2D eigenvalue weighted by atomic mass is 9.78. The van der Waals surface area contributed by atoms with E-state index in [0.717, 1.165) is 10.2 Å². The molecule has 0 radical (unpaired) electrons. The summed E-state index contributed by atoms with van der Waals surface area (Å²) in [5.74, 6) is 0.483. The Hall–Kier alpha value is -2.59. The zero-order valence-electron chi connectivity index (χ0n) is 16.3. The van der Waals surface area contributed by atoms with Gasteiger partial charge in [-0.2, -0.15) is 0 Å². The SMILES string of the molecule is CC(Oc1ccc(C(C)(C)c2ccccc2)cc1)C(=O)Nc1cccc(Br)c1. The molecule has 0 aliphatic heterocycles. The maximum atomic E-state index is 12.4. The quantitative estimate of drug-likeness (QED) is 0.499. The van der Waals surface area contributed by atoms with Crippen LogP contribution in [0.5, 0.6) is 5.75 Å². The number of carbonyl (C=O) groups is 1. The summed E-state index contributed by atoms with van der Waals surface area (Å²) < 4.78 is 6.74. The van der Waals surface area contributed by atoms with E-state index in [4.69, 9.17) is 4.74 Å². The van der Waals surface area contributed by atoms with Gasteiger partial charge in [0, 0.05) is 15.6 Å². The molecule has 3 nitrogen and oxygen atoms in total. The van der Waals surface area contributed by atoms with Crippen LogP contribution in [0.25, 0.3) is 0 Å². The van der Waals surface area contributed by atoms with E-state index in [1.54, 1.807) is 6.92 Å². The van der Waals surface area contributed by atoms with Gasteiger partial charge in [0.05, 0.1) is 0 Å². The second-order valence-electron chi connectivity index (χ2n) is 7.28. The van der Waals surface area contributed by atoms with Crippen molar-refractivity contribution in [2.24, 2.45) is 0 Å². The highest BCUT2D eigenvalue weighted by molar-refractivity contribution is 9.10. The molecule has 0 aromatic heterocycles. The van der Waals surface area contributed by atoms with Crippen LogP contribution >= 0.6 is 15.9 Å². The highest BCUT2D eigenvalue weighted by Gasteiger charge is 2.23. The van der Waals surface area contributed by atoms with Crippen LogP contribution in [0, 0.1) is 0 Å². The smallest absolute Gasteiger partial charge is 0.265 e. The van der Waals surface area contributed by atoms with Crippen molar-refractivity contribution in [2.45, 2.75) is 32.3 Å². The molecule has 0 spiro atoms. The summed E-state index contributed by atoms with van der Waals surface area (Å²) >= 11 is 3.40. The summed E-state index contributed by atoms with van der Waals surface area (Å²) in [6, 6.07) is 25.8. The molecule has 3 aromatic carbocycles. The Kier molecular flexibility index (Phi) is 6.20. The molecule has 28 heavy (non-hydrogen) atoms. The molecule has 3 rings (SSSR count). The summed E-state index contributed by atoms with van der Waals surface area (Å²) in [6.45, 7) is 6.15. The molecule has 0 aliphatic carbocycles. The molecule has 0 fully saturated rings. The fourth-order valence-electron chi connectivity index (χ4n) is 3.04. The third-order valence-corrected chi connectivity index (χ3v) is 5.34. The molecule has 0 heterocycles. The van der Waals surface area contributed by atoms with Crippen LogP contribution in [0.2, 0.25) is 0 Å². The van der Waals surface area contributed by atoms with E-state index in [1.165, 1.54) is 11.1 Å². The first-order chi connectivity index (χ1) is 13.4. The van der Waals surface area contributed by atoms with Crippen molar-refractivity contribution in [2.75, 3.05) is 5.32 Å². The lowest BCUT2D eigenvalue weighted by molar-refractivity contribution is -0.122. The van der Waals surface area contributed by atoms with E-state index in [-0.39, 0.29) is 11.3 Å². The number of hydrogen-bond donors (Lipinski definition) is 1. The number of ether oxygens (including phenoxy) is 1. The summed E-state index contributed by atoms with van der Waals surface area (Å²) in [6.07, 6.45) is -0.605. The molecule has 1 N–H and O–H groups in total. The Morgan fingerprint density at radius 3 is 2.21 bits per heavy atom. The third kappa shape index (κ3) is 4.82. The van der Waals surface area contributed by atoms with Crippen molar-refractivity contribution in [3.63, 3.8) is 0 Å². The fourth-order valence-corrected chi connectivity index (χ4v) is 3.44. The third-order valence-electron chi connectivity index (χ3n) is 4.85. The first-order valence-electron chi connectivity index (χ1n) is 9.25. The van der Waals surface area contributed by atoms with Crippen LogP contribution < -0.4 is 10.1 Å². The number of halogens is 1. The zero-order valence-corrected chi connectivity index (χ0v) is 17.9. The molecule has 0 aliphatic rings. The average Bonchev–Trinajstić information content (AvgIpc) is 2.69. The Bertz CT molecular complexity index is 936. The van der Waals surface area contributed by atoms with Gasteiger partial charge in [-0.25, -0.2) is 0 Å². The molecule has 1 unspecified atom stereocenters. The first-order valence-corrected chi connectivity index (χ1v) is 10.0. The predicted octanol–water partition coefficient (Wildman–Crippen LogP) is 6.18. The monoisotopic (exact) mass is 437 g/mol. The minimum Gasteiger partial charge on any atom is -0.481 e. The fraction of sp³-hybridized carbons (Fsp3) is 0.208. The lowest BCUT2D eigenvalue weighted by Crippen LogP contribution is -2.30. The molecule has 1 atom stereocenters.